The Morgan fingerprint density at radius 1 is 1.19 bits per heavy atom. The van der Waals surface area contributed by atoms with Crippen LogP contribution in [0.2, 0.25) is 5.02 Å². The minimum atomic E-state index is 0.675. The van der Waals surface area contributed by atoms with Crippen molar-refractivity contribution in [3.8, 4) is 11.5 Å². The highest BCUT2D eigenvalue weighted by Gasteiger charge is 2.26. The van der Waals surface area contributed by atoms with Crippen LogP contribution >= 0.6 is 11.6 Å². The summed E-state index contributed by atoms with van der Waals surface area (Å²) in [5.41, 5.74) is 1.88. The van der Waals surface area contributed by atoms with Gasteiger partial charge in [0.1, 0.15) is 7.11 Å². The molecule has 0 aliphatic carbocycles. The highest BCUT2D eigenvalue weighted by atomic mass is 35.5. The Morgan fingerprint density at radius 3 is 2.38 bits per heavy atom. The molecule has 0 bridgehead atoms. The molecule has 0 amide bonds. The van der Waals surface area contributed by atoms with E-state index in [0.29, 0.717) is 10.9 Å². The van der Waals surface area contributed by atoms with E-state index in [1.54, 1.807) is 11.8 Å². The fourth-order valence-corrected chi connectivity index (χ4v) is 1.67. The van der Waals surface area contributed by atoms with Crippen LogP contribution < -0.4 is 9.57 Å². The summed E-state index contributed by atoms with van der Waals surface area (Å²) in [6.07, 6.45) is 0. The maximum absolute atomic E-state index is 5.84. The van der Waals surface area contributed by atoms with Gasteiger partial charge in [-0.25, -0.2) is 0 Å². The molecule has 0 aliphatic rings. The molecule has 1 aromatic heterocycles. The van der Waals surface area contributed by atoms with E-state index < -0.39 is 0 Å². The number of hydrogen-bond donors (Lipinski definition) is 0. The lowest BCUT2D eigenvalue weighted by Crippen LogP contribution is -2.43. The first kappa shape index (κ1) is 11.0. The number of hydrogen-bond acceptors (Lipinski definition) is 2. The number of rotatable bonds is 2. The standard InChI is InChI=1S/C12H13ClNO2/c1-8-9(2)16-12(14(8)15-3)10-4-6-11(13)7-5-10/h4-7H,1-3H3/q+1. The van der Waals surface area contributed by atoms with Crippen LogP contribution in [0, 0.1) is 13.8 Å². The van der Waals surface area contributed by atoms with Crippen molar-refractivity contribution in [2.75, 3.05) is 7.11 Å². The van der Waals surface area contributed by atoms with Gasteiger partial charge in [-0.1, -0.05) is 11.6 Å². The number of aromatic nitrogens is 1. The van der Waals surface area contributed by atoms with Gasteiger partial charge in [0.25, 0.3) is 5.69 Å². The van der Waals surface area contributed by atoms with Gasteiger partial charge in [0.2, 0.25) is 0 Å². The Morgan fingerprint density at radius 2 is 1.81 bits per heavy atom. The van der Waals surface area contributed by atoms with Gasteiger partial charge in [0, 0.05) is 18.9 Å². The van der Waals surface area contributed by atoms with Crippen LogP contribution in [-0.2, 0) is 0 Å². The molecule has 0 saturated carbocycles. The number of benzene rings is 1. The first-order valence-electron chi connectivity index (χ1n) is 4.96. The average Bonchev–Trinajstić information content (AvgIpc) is 2.56. The van der Waals surface area contributed by atoms with E-state index in [4.69, 9.17) is 20.9 Å². The predicted octanol–water partition coefficient (Wildman–Crippen LogP) is 2.56. The van der Waals surface area contributed by atoms with Crippen LogP contribution in [0.25, 0.3) is 11.5 Å². The molecule has 0 saturated heterocycles. The lowest BCUT2D eigenvalue weighted by atomic mass is 10.2. The van der Waals surface area contributed by atoms with Crippen molar-refractivity contribution < 1.29 is 14.0 Å². The van der Waals surface area contributed by atoms with Crippen LogP contribution in [0.5, 0.6) is 0 Å². The Hall–Kier alpha value is -1.48. The average molecular weight is 239 g/mol. The zero-order valence-electron chi connectivity index (χ0n) is 9.45. The largest absolute Gasteiger partial charge is 0.429 e. The minimum Gasteiger partial charge on any atom is -0.400 e. The van der Waals surface area contributed by atoms with E-state index in [2.05, 4.69) is 0 Å². The normalized spacial score (nSPS) is 10.5. The SMILES string of the molecule is CO[n+]1c(-c2ccc(Cl)cc2)oc(C)c1C. The van der Waals surface area contributed by atoms with Crippen molar-refractivity contribution in [3.63, 3.8) is 0 Å². The lowest BCUT2D eigenvalue weighted by molar-refractivity contribution is -0.882. The number of nitrogens with zero attached hydrogens (tertiary/aromatic N) is 1. The first-order valence-corrected chi connectivity index (χ1v) is 5.33. The van der Waals surface area contributed by atoms with E-state index in [9.17, 15) is 0 Å². The van der Waals surface area contributed by atoms with Crippen LogP contribution in [0.1, 0.15) is 11.5 Å². The topological polar surface area (TPSA) is 26.2 Å². The number of aryl methyl sites for hydroxylation is 1. The Balaban J connectivity index is 2.55. The fraction of sp³-hybridized carbons (Fsp3) is 0.250. The molecule has 1 heterocycles. The van der Waals surface area contributed by atoms with E-state index in [0.717, 1.165) is 17.0 Å². The quantitative estimate of drug-likeness (QED) is 0.752. The molecule has 0 unspecified atom stereocenters. The maximum Gasteiger partial charge on any atom is 0.429 e. The molecule has 84 valence electrons. The second-order valence-electron chi connectivity index (χ2n) is 3.53. The summed E-state index contributed by atoms with van der Waals surface area (Å²) < 4.78 is 7.32. The Labute approximate surface area is 99.2 Å². The van der Waals surface area contributed by atoms with Crippen molar-refractivity contribution in [1.82, 2.24) is 0 Å². The van der Waals surface area contributed by atoms with Gasteiger partial charge >= 0.3 is 5.89 Å². The van der Waals surface area contributed by atoms with Crippen LogP contribution in [-0.4, -0.2) is 7.11 Å². The van der Waals surface area contributed by atoms with Gasteiger partial charge in [-0.3, -0.25) is 4.84 Å². The van der Waals surface area contributed by atoms with Gasteiger partial charge < -0.3 is 4.42 Å². The third-order valence-electron chi connectivity index (χ3n) is 2.52. The summed E-state index contributed by atoms with van der Waals surface area (Å²) in [6.45, 7) is 3.85. The lowest BCUT2D eigenvalue weighted by Gasteiger charge is -1.94. The number of halogens is 1. The molecule has 1 aromatic carbocycles. The third-order valence-corrected chi connectivity index (χ3v) is 2.77. The zero-order chi connectivity index (χ0) is 11.7. The van der Waals surface area contributed by atoms with Gasteiger partial charge in [-0.2, -0.15) is 0 Å². The van der Waals surface area contributed by atoms with Gasteiger partial charge in [0.15, 0.2) is 5.76 Å². The molecule has 0 radical (unpaired) electrons. The second-order valence-corrected chi connectivity index (χ2v) is 3.97. The smallest absolute Gasteiger partial charge is 0.400 e. The van der Waals surface area contributed by atoms with E-state index >= 15 is 0 Å². The Bertz CT molecular complexity index is 502. The zero-order valence-corrected chi connectivity index (χ0v) is 10.2. The molecule has 0 N–H and O–H groups in total. The summed E-state index contributed by atoms with van der Waals surface area (Å²) in [5, 5.41) is 0.702. The van der Waals surface area contributed by atoms with Crippen molar-refractivity contribution >= 4 is 11.6 Å². The molecule has 0 spiro atoms. The van der Waals surface area contributed by atoms with Crippen molar-refractivity contribution in [2.24, 2.45) is 0 Å². The fourth-order valence-electron chi connectivity index (χ4n) is 1.54. The van der Waals surface area contributed by atoms with Gasteiger partial charge in [-0.15, -0.1) is 0 Å². The van der Waals surface area contributed by atoms with Crippen molar-refractivity contribution in [1.29, 1.82) is 0 Å². The monoisotopic (exact) mass is 238 g/mol. The summed E-state index contributed by atoms with van der Waals surface area (Å²) in [5.74, 6) is 1.51. The molecule has 0 fully saturated rings. The highest BCUT2D eigenvalue weighted by Crippen LogP contribution is 2.21. The van der Waals surface area contributed by atoms with E-state index in [-0.39, 0.29) is 0 Å². The van der Waals surface area contributed by atoms with Crippen molar-refractivity contribution in [3.05, 3.63) is 40.7 Å². The summed E-state index contributed by atoms with van der Waals surface area (Å²) in [6, 6.07) is 7.44. The Kier molecular flexibility index (Phi) is 2.88. The maximum atomic E-state index is 5.84. The molecule has 0 aliphatic heterocycles. The van der Waals surface area contributed by atoms with Crippen LogP contribution in [0.3, 0.4) is 0 Å². The summed E-state index contributed by atoms with van der Waals surface area (Å²) in [7, 11) is 1.61. The van der Waals surface area contributed by atoms with Crippen LogP contribution in [0.4, 0.5) is 0 Å². The summed E-state index contributed by atoms with van der Waals surface area (Å²) >= 11 is 5.84. The molecular formula is C12H13ClNO2+. The second kappa shape index (κ2) is 4.18. The predicted molar refractivity (Wildman–Crippen MR) is 61.3 cm³/mol. The van der Waals surface area contributed by atoms with Gasteiger partial charge in [-0.05, 0) is 24.3 Å². The third kappa shape index (κ3) is 1.78. The first-order chi connectivity index (χ1) is 7.63. The summed E-state index contributed by atoms with van der Waals surface area (Å²) in [4.78, 5) is 5.27. The minimum absolute atomic E-state index is 0.675. The molecular weight excluding hydrogens is 226 g/mol. The molecule has 0 atom stereocenters. The molecule has 2 aromatic rings. The van der Waals surface area contributed by atoms with E-state index in [1.165, 1.54) is 0 Å². The molecule has 4 heteroatoms. The van der Waals surface area contributed by atoms with E-state index in [1.807, 2.05) is 38.1 Å². The molecule has 3 nitrogen and oxygen atoms in total. The molecule has 2 rings (SSSR count). The van der Waals surface area contributed by atoms with Gasteiger partial charge in [0.05, 0.1) is 10.3 Å². The van der Waals surface area contributed by atoms with Crippen molar-refractivity contribution in [2.45, 2.75) is 13.8 Å². The molecule has 16 heavy (non-hydrogen) atoms. The van der Waals surface area contributed by atoms with Crippen LogP contribution in [0.15, 0.2) is 28.7 Å². The number of oxazole rings is 1. The highest BCUT2D eigenvalue weighted by molar-refractivity contribution is 6.30.